The first kappa shape index (κ1) is 21.2. The van der Waals surface area contributed by atoms with Gasteiger partial charge in [-0.3, -0.25) is 4.79 Å². The number of rotatable bonds is 5. The van der Waals surface area contributed by atoms with E-state index < -0.39 is 43.4 Å². The molecule has 0 bridgehead atoms. The first-order valence-corrected chi connectivity index (χ1v) is 8.92. The minimum atomic E-state index is -1.46. The van der Waals surface area contributed by atoms with Gasteiger partial charge in [0.05, 0.1) is 12.7 Å². The van der Waals surface area contributed by atoms with Crippen LogP contribution in [0.25, 0.3) is 0 Å². The Balaban J connectivity index is 2.03. The number of hydrogen-bond donors (Lipinski definition) is 4. The molecule has 2 rings (SSSR count). The van der Waals surface area contributed by atoms with E-state index in [0.717, 1.165) is 5.57 Å². The highest BCUT2D eigenvalue weighted by atomic mass is 16.7. The van der Waals surface area contributed by atoms with Crippen LogP contribution in [0.1, 0.15) is 34.1 Å². The van der Waals surface area contributed by atoms with Crippen molar-refractivity contribution in [2.75, 3.05) is 6.61 Å². The first-order valence-electron chi connectivity index (χ1n) is 8.92. The summed E-state index contributed by atoms with van der Waals surface area (Å²) in [6, 6.07) is 0. The van der Waals surface area contributed by atoms with E-state index in [0.29, 0.717) is 6.42 Å². The Hall–Kier alpha value is -1.09. The summed E-state index contributed by atoms with van der Waals surface area (Å²) in [5, 5.41) is 38.9. The van der Waals surface area contributed by atoms with Gasteiger partial charge in [-0.15, -0.1) is 0 Å². The zero-order chi connectivity index (χ0) is 19.6. The molecular formula is C19H30O7. The molecule has 1 heterocycles. The molecule has 0 aromatic rings. The minimum Gasteiger partial charge on any atom is -0.394 e. The lowest BCUT2D eigenvalue weighted by Gasteiger charge is -2.40. The van der Waals surface area contributed by atoms with E-state index in [1.54, 1.807) is 13.0 Å². The second-order valence-electron chi connectivity index (χ2n) is 7.92. The van der Waals surface area contributed by atoms with Gasteiger partial charge in [0.1, 0.15) is 24.4 Å². The van der Waals surface area contributed by atoms with Gasteiger partial charge >= 0.3 is 0 Å². The van der Waals surface area contributed by atoms with Crippen LogP contribution in [0.5, 0.6) is 0 Å². The Morgan fingerprint density at radius 3 is 2.54 bits per heavy atom. The van der Waals surface area contributed by atoms with Crippen molar-refractivity contribution in [2.24, 2.45) is 11.3 Å². The summed E-state index contributed by atoms with van der Waals surface area (Å²) in [5.41, 5.74) is 0.789. The fourth-order valence-corrected chi connectivity index (χ4v) is 3.69. The zero-order valence-corrected chi connectivity index (χ0v) is 15.7. The lowest BCUT2D eigenvalue weighted by atomic mass is 9.68. The maximum atomic E-state index is 11.8. The highest BCUT2D eigenvalue weighted by Gasteiger charge is 2.44. The van der Waals surface area contributed by atoms with Crippen molar-refractivity contribution >= 4 is 5.78 Å². The van der Waals surface area contributed by atoms with E-state index in [2.05, 4.69) is 0 Å². The van der Waals surface area contributed by atoms with Gasteiger partial charge in [-0.2, -0.15) is 0 Å². The standard InChI is InChI=1S/C19H30O7/c1-10-7-12(21)8-19(3,4)13(10)6-5-11(2)25-18-17(24)16(23)15(22)14(9-20)26-18/h5-7,11,13-18,20,22-24H,8-9H2,1-4H3/t11-,13-,14+,15+,16-,17+,18+/m0/s1. The van der Waals surface area contributed by atoms with Crippen LogP contribution in [0.4, 0.5) is 0 Å². The number of carbonyl (C=O) groups excluding carboxylic acids is 1. The third-order valence-electron chi connectivity index (χ3n) is 5.12. The molecular weight excluding hydrogens is 340 g/mol. The van der Waals surface area contributed by atoms with Crippen molar-refractivity contribution in [1.82, 2.24) is 0 Å². The van der Waals surface area contributed by atoms with Gasteiger partial charge < -0.3 is 29.9 Å². The molecule has 1 aliphatic heterocycles. The number of hydrogen-bond acceptors (Lipinski definition) is 7. The topological polar surface area (TPSA) is 116 Å². The Labute approximate surface area is 153 Å². The van der Waals surface area contributed by atoms with Crippen molar-refractivity contribution in [2.45, 2.75) is 70.9 Å². The molecule has 0 aromatic heterocycles. The number of ether oxygens (including phenoxy) is 2. The van der Waals surface area contributed by atoms with Gasteiger partial charge in [-0.25, -0.2) is 0 Å². The first-order chi connectivity index (χ1) is 12.1. The molecule has 4 N–H and O–H groups in total. The maximum Gasteiger partial charge on any atom is 0.187 e. The molecule has 0 saturated carbocycles. The molecule has 0 aromatic carbocycles. The second kappa shape index (κ2) is 8.29. The van der Waals surface area contributed by atoms with Crippen molar-refractivity contribution in [3.8, 4) is 0 Å². The van der Waals surface area contributed by atoms with Crippen LogP contribution < -0.4 is 0 Å². The molecule has 1 saturated heterocycles. The number of ketones is 1. The SMILES string of the molecule is CC1=CC(=O)CC(C)(C)[C@H]1C=C[C@H](C)O[C@@H]1O[C@H](CO)[C@@H](O)[C@H](O)[C@H]1O. The highest BCUT2D eigenvalue weighted by Crippen LogP contribution is 2.40. The number of aliphatic hydroxyl groups excluding tert-OH is 4. The molecule has 1 aliphatic carbocycles. The third-order valence-corrected chi connectivity index (χ3v) is 5.12. The van der Waals surface area contributed by atoms with Gasteiger partial charge in [0.25, 0.3) is 0 Å². The normalized spacial score (nSPS) is 39.1. The summed E-state index contributed by atoms with van der Waals surface area (Å²) in [5.74, 6) is 0.212. The molecule has 0 unspecified atom stereocenters. The molecule has 148 valence electrons. The van der Waals surface area contributed by atoms with Crippen molar-refractivity contribution < 1.29 is 34.7 Å². The summed E-state index contributed by atoms with van der Waals surface area (Å²) < 4.78 is 11.0. The molecule has 7 heteroatoms. The predicted molar refractivity (Wildman–Crippen MR) is 94.1 cm³/mol. The van der Waals surface area contributed by atoms with Gasteiger partial charge in [0, 0.05) is 12.3 Å². The Morgan fingerprint density at radius 1 is 1.31 bits per heavy atom. The molecule has 0 radical (unpaired) electrons. The van der Waals surface area contributed by atoms with E-state index in [4.69, 9.17) is 9.47 Å². The molecule has 0 amide bonds. The quantitative estimate of drug-likeness (QED) is 0.515. The molecule has 7 nitrogen and oxygen atoms in total. The largest absolute Gasteiger partial charge is 0.394 e. The molecule has 1 fully saturated rings. The predicted octanol–water partition coefficient (Wildman–Crippen LogP) is 0.309. The fraction of sp³-hybridized carbons (Fsp3) is 0.737. The van der Waals surface area contributed by atoms with Crippen molar-refractivity contribution in [3.63, 3.8) is 0 Å². The fourth-order valence-electron chi connectivity index (χ4n) is 3.69. The van der Waals surface area contributed by atoms with Crippen LogP contribution in [-0.2, 0) is 14.3 Å². The zero-order valence-electron chi connectivity index (χ0n) is 15.7. The Kier molecular flexibility index (Phi) is 6.76. The van der Waals surface area contributed by atoms with E-state index in [1.807, 2.05) is 32.9 Å². The lowest BCUT2D eigenvalue weighted by Crippen LogP contribution is -2.59. The van der Waals surface area contributed by atoms with E-state index in [-0.39, 0.29) is 17.1 Å². The van der Waals surface area contributed by atoms with Crippen molar-refractivity contribution in [3.05, 3.63) is 23.8 Å². The average molecular weight is 370 g/mol. The lowest BCUT2D eigenvalue weighted by molar-refractivity contribution is -0.306. The van der Waals surface area contributed by atoms with Crippen LogP contribution in [0.15, 0.2) is 23.8 Å². The summed E-state index contributed by atoms with van der Waals surface area (Å²) in [7, 11) is 0. The van der Waals surface area contributed by atoms with Crippen LogP contribution in [0, 0.1) is 11.3 Å². The highest BCUT2D eigenvalue weighted by molar-refractivity contribution is 5.92. The Morgan fingerprint density at radius 2 is 1.96 bits per heavy atom. The van der Waals surface area contributed by atoms with Gasteiger partial charge in [0.15, 0.2) is 12.1 Å². The monoisotopic (exact) mass is 370 g/mol. The van der Waals surface area contributed by atoms with Crippen molar-refractivity contribution in [1.29, 1.82) is 0 Å². The average Bonchev–Trinajstić information content (AvgIpc) is 2.53. The van der Waals surface area contributed by atoms with E-state index in [1.165, 1.54) is 0 Å². The van der Waals surface area contributed by atoms with Gasteiger partial charge in [-0.05, 0) is 25.3 Å². The Bertz CT molecular complexity index is 566. The molecule has 0 spiro atoms. The van der Waals surface area contributed by atoms with Crippen LogP contribution >= 0.6 is 0 Å². The van der Waals surface area contributed by atoms with Crippen LogP contribution in [-0.4, -0.2) is 69.6 Å². The molecule has 7 atom stereocenters. The van der Waals surface area contributed by atoms with Gasteiger partial charge in [0.2, 0.25) is 0 Å². The maximum absolute atomic E-state index is 11.8. The minimum absolute atomic E-state index is 0.0843. The summed E-state index contributed by atoms with van der Waals surface area (Å²) in [4.78, 5) is 11.8. The van der Waals surface area contributed by atoms with Gasteiger partial charge in [-0.1, -0.05) is 31.6 Å². The van der Waals surface area contributed by atoms with E-state index in [9.17, 15) is 25.2 Å². The van der Waals surface area contributed by atoms with Crippen LogP contribution in [0.2, 0.25) is 0 Å². The smallest absolute Gasteiger partial charge is 0.187 e. The summed E-state index contributed by atoms with van der Waals surface area (Å²) >= 11 is 0. The molecule has 2 aliphatic rings. The summed E-state index contributed by atoms with van der Waals surface area (Å²) in [6.45, 7) is 7.28. The number of carbonyl (C=O) groups is 1. The second-order valence-corrected chi connectivity index (χ2v) is 7.92. The number of allylic oxidation sites excluding steroid dienone is 3. The third kappa shape index (κ3) is 4.60. The molecule has 26 heavy (non-hydrogen) atoms. The van der Waals surface area contributed by atoms with E-state index >= 15 is 0 Å². The summed E-state index contributed by atoms with van der Waals surface area (Å²) in [6.07, 6.45) is -0.958. The van der Waals surface area contributed by atoms with Crippen LogP contribution in [0.3, 0.4) is 0 Å². The number of aliphatic hydroxyl groups is 4.